The molecule has 3 aromatic heterocycles. The molecule has 1 aliphatic rings. The average Bonchev–Trinajstić information content (AvgIpc) is 3.83. The first-order valence-corrected chi connectivity index (χ1v) is 16.2. The van der Waals surface area contributed by atoms with Crippen LogP contribution in [0.25, 0.3) is 0 Å². The summed E-state index contributed by atoms with van der Waals surface area (Å²) < 4.78 is 1.96. The summed E-state index contributed by atoms with van der Waals surface area (Å²) in [6.45, 7) is 2.80. The summed E-state index contributed by atoms with van der Waals surface area (Å²) >= 11 is 4.35. The number of nitrogens with one attached hydrogen (secondary N) is 1. The van der Waals surface area contributed by atoms with Crippen molar-refractivity contribution >= 4 is 52.0 Å². The van der Waals surface area contributed by atoms with Crippen LogP contribution in [0.2, 0.25) is 0 Å². The molecule has 212 valence electrons. The van der Waals surface area contributed by atoms with E-state index in [0.29, 0.717) is 28.8 Å². The van der Waals surface area contributed by atoms with Gasteiger partial charge in [0.1, 0.15) is 0 Å². The molecule has 4 heterocycles. The second-order valence-electron chi connectivity index (χ2n) is 9.81. The Hall–Kier alpha value is -4.06. The Kier molecular flexibility index (Phi) is 8.59. The summed E-state index contributed by atoms with van der Waals surface area (Å²) in [6.07, 6.45) is 0.665. The van der Waals surface area contributed by atoms with Crippen LogP contribution in [0.15, 0.2) is 99.9 Å². The van der Waals surface area contributed by atoms with Crippen molar-refractivity contribution in [2.24, 2.45) is 5.10 Å². The highest BCUT2D eigenvalue weighted by Gasteiger charge is 2.33. The third kappa shape index (κ3) is 6.38. The van der Waals surface area contributed by atoms with Crippen molar-refractivity contribution < 1.29 is 9.59 Å². The number of thioether (sulfide) groups is 1. The Morgan fingerprint density at radius 3 is 2.48 bits per heavy atom. The zero-order valence-corrected chi connectivity index (χ0v) is 25.3. The van der Waals surface area contributed by atoms with Crippen molar-refractivity contribution in [1.29, 1.82) is 0 Å². The van der Waals surface area contributed by atoms with E-state index in [1.54, 1.807) is 22.4 Å². The molecule has 1 N–H and O–H groups in total. The van der Waals surface area contributed by atoms with Gasteiger partial charge in [0.2, 0.25) is 0 Å². The molecule has 0 fully saturated rings. The lowest BCUT2D eigenvalue weighted by atomic mass is 10.00. The predicted molar refractivity (Wildman–Crippen MR) is 168 cm³/mol. The fourth-order valence-corrected chi connectivity index (χ4v) is 6.88. The first-order valence-electron chi connectivity index (χ1n) is 13.5. The number of hydrogen-bond donors (Lipinski definition) is 1. The van der Waals surface area contributed by atoms with E-state index in [0.717, 1.165) is 21.7 Å². The number of amides is 2. The molecule has 1 atom stereocenters. The van der Waals surface area contributed by atoms with E-state index < -0.39 is 0 Å². The highest BCUT2D eigenvalue weighted by molar-refractivity contribution is 7.99. The van der Waals surface area contributed by atoms with Gasteiger partial charge in [-0.05, 0) is 40.9 Å². The van der Waals surface area contributed by atoms with Crippen LogP contribution in [-0.4, -0.2) is 43.1 Å². The van der Waals surface area contributed by atoms with Gasteiger partial charge in [0, 0.05) is 6.42 Å². The Labute approximate surface area is 256 Å². The van der Waals surface area contributed by atoms with E-state index in [4.69, 9.17) is 5.10 Å². The van der Waals surface area contributed by atoms with Crippen molar-refractivity contribution in [3.63, 3.8) is 0 Å². The van der Waals surface area contributed by atoms with Gasteiger partial charge >= 0.3 is 0 Å². The second kappa shape index (κ2) is 12.8. The Morgan fingerprint density at radius 1 is 0.952 bits per heavy atom. The van der Waals surface area contributed by atoms with Crippen LogP contribution in [0.1, 0.15) is 49.5 Å². The van der Waals surface area contributed by atoms with Gasteiger partial charge < -0.3 is 9.88 Å². The van der Waals surface area contributed by atoms with E-state index in [2.05, 4.69) is 46.7 Å². The van der Waals surface area contributed by atoms with Crippen LogP contribution in [0, 0.1) is 6.92 Å². The van der Waals surface area contributed by atoms with Gasteiger partial charge in [-0.15, -0.1) is 32.9 Å². The first kappa shape index (κ1) is 28.1. The quantitative estimate of drug-likeness (QED) is 0.191. The van der Waals surface area contributed by atoms with Gasteiger partial charge in [0.25, 0.3) is 11.8 Å². The largest absolute Gasteiger partial charge is 0.344 e. The Balaban J connectivity index is 1.21. The number of rotatable bonds is 10. The fraction of sp³-hybridized carbons (Fsp3) is 0.194. The van der Waals surface area contributed by atoms with Crippen LogP contribution in [0.5, 0.6) is 0 Å². The third-order valence-electron chi connectivity index (χ3n) is 6.89. The number of hydrazone groups is 1. The molecule has 0 spiro atoms. The maximum absolute atomic E-state index is 13.7. The summed E-state index contributed by atoms with van der Waals surface area (Å²) in [7, 11) is 0. The van der Waals surface area contributed by atoms with Gasteiger partial charge in [0.05, 0.1) is 40.4 Å². The number of thiophene rings is 2. The number of benzene rings is 2. The summed E-state index contributed by atoms with van der Waals surface area (Å²) in [4.78, 5) is 28.0. The molecule has 2 amide bonds. The molecule has 0 saturated heterocycles. The summed E-state index contributed by atoms with van der Waals surface area (Å²) in [5.74, 6) is 0.520. The molecule has 5 aromatic rings. The number of aryl methyl sites for hydroxylation is 1. The fourth-order valence-electron chi connectivity index (χ4n) is 4.71. The molecule has 0 unspecified atom stereocenters. The third-order valence-corrected chi connectivity index (χ3v) is 9.63. The number of carbonyl (C=O) groups excluding carboxylic acids is 2. The second-order valence-corrected chi connectivity index (χ2v) is 12.6. The van der Waals surface area contributed by atoms with E-state index in [9.17, 15) is 9.59 Å². The van der Waals surface area contributed by atoms with Gasteiger partial charge in [-0.2, -0.15) is 5.10 Å². The van der Waals surface area contributed by atoms with Crippen molar-refractivity contribution in [3.05, 3.63) is 122 Å². The lowest BCUT2D eigenvalue weighted by Crippen LogP contribution is -2.28. The minimum absolute atomic E-state index is 0.0982. The summed E-state index contributed by atoms with van der Waals surface area (Å²) in [5, 5.41) is 22.7. The maximum atomic E-state index is 13.7. The molecule has 0 radical (unpaired) electrons. The van der Waals surface area contributed by atoms with Crippen LogP contribution < -0.4 is 5.32 Å². The van der Waals surface area contributed by atoms with Gasteiger partial charge in [-0.25, -0.2) is 5.01 Å². The average molecular weight is 613 g/mol. The van der Waals surface area contributed by atoms with E-state index in [1.165, 1.54) is 28.7 Å². The topological polar surface area (TPSA) is 92.5 Å². The molecule has 2 aromatic carbocycles. The molecular formula is C31H28N6O2S3. The molecule has 42 heavy (non-hydrogen) atoms. The number of carbonyl (C=O) groups is 2. The molecule has 0 aliphatic carbocycles. The molecule has 8 nitrogen and oxygen atoms in total. The van der Waals surface area contributed by atoms with Gasteiger partial charge in [-0.1, -0.05) is 84.1 Å². The Morgan fingerprint density at radius 2 is 1.74 bits per heavy atom. The molecule has 6 rings (SSSR count). The lowest BCUT2D eigenvalue weighted by molar-refractivity contribution is -0.130. The zero-order valence-electron chi connectivity index (χ0n) is 22.8. The number of nitrogens with zero attached hydrogens (tertiary/aromatic N) is 5. The minimum atomic E-state index is -0.166. The molecule has 0 bridgehead atoms. The molecule has 0 saturated carbocycles. The van der Waals surface area contributed by atoms with Crippen LogP contribution in [0.4, 0.5) is 0 Å². The van der Waals surface area contributed by atoms with Crippen molar-refractivity contribution in [1.82, 2.24) is 25.1 Å². The van der Waals surface area contributed by atoms with Crippen LogP contribution in [-0.2, 0) is 17.9 Å². The summed E-state index contributed by atoms with van der Waals surface area (Å²) in [6, 6.07) is 25.8. The Bertz CT molecular complexity index is 1680. The van der Waals surface area contributed by atoms with Crippen molar-refractivity contribution in [3.8, 4) is 0 Å². The highest BCUT2D eigenvalue weighted by Crippen LogP contribution is 2.35. The zero-order chi connectivity index (χ0) is 28.9. The van der Waals surface area contributed by atoms with Gasteiger partial charge in [0.15, 0.2) is 11.0 Å². The number of hydrogen-bond acceptors (Lipinski definition) is 8. The highest BCUT2D eigenvalue weighted by atomic mass is 32.2. The molecule has 11 heteroatoms. The van der Waals surface area contributed by atoms with E-state index in [-0.39, 0.29) is 30.2 Å². The molecular weight excluding hydrogens is 585 g/mol. The van der Waals surface area contributed by atoms with Gasteiger partial charge in [-0.3, -0.25) is 9.59 Å². The maximum Gasteiger partial charge on any atom is 0.261 e. The first-order chi connectivity index (χ1) is 20.5. The van der Waals surface area contributed by atoms with Crippen molar-refractivity contribution in [2.45, 2.75) is 37.6 Å². The molecule has 1 aliphatic heterocycles. The standard InChI is InChI=1S/C31H28N6O2S3/c1-21-11-13-23(14-12-21)25-17-24(26-9-5-15-40-26)35-37(25)29(38)20-42-31-34-33-28(18-32-30(39)27-10-6-16-41-27)36(31)19-22-7-3-2-4-8-22/h2-16,25H,17-20H2,1H3,(H,32,39)/t25-/m0/s1. The monoisotopic (exact) mass is 612 g/mol. The lowest BCUT2D eigenvalue weighted by Gasteiger charge is -2.22. The van der Waals surface area contributed by atoms with E-state index in [1.807, 2.05) is 63.9 Å². The number of aromatic nitrogens is 3. The van der Waals surface area contributed by atoms with E-state index >= 15 is 0 Å². The van der Waals surface area contributed by atoms with Crippen molar-refractivity contribution in [2.75, 3.05) is 5.75 Å². The smallest absolute Gasteiger partial charge is 0.261 e. The SMILES string of the molecule is Cc1ccc([C@@H]2CC(c3cccs3)=NN2C(=O)CSc2nnc(CNC(=O)c3cccs3)n2Cc2ccccc2)cc1. The van der Waals surface area contributed by atoms with Crippen LogP contribution in [0.3, 0.4) is 0 Å². The summed E-state index contributed by atoms with van der Waals surface area (Å²) in [5.41, 5.74) is 4.22. The van der Waals surface area contributed by atoms with Crippen LogP contribution >= 0.6 is 34.4 Å². The predicted octanol–water partition coefficient (Wildman–Crippen LogP) is 6.16. The normalized spacial score (nSPS) is 14.6. The minimum Gasteiger partial charge on any atom is -0.344 e.